The zero-order valence-electron chi connectivity index (χ0n) is 25.8. The highest BCUT2D eigenvalue weighted by Gasteiger charge is 2.74. The zero-order valence-corrected chi connectivity index (χ0v) is 28.4. The molecule has 0 aromatic carbocycles. The van der Waals surface area contributed by atoms with Gasteiger partial charge in [0.2, 0.25) is 14.1 Å². The van der Waals surface area contributed by atoms with E-state index in [9.17, 15) is 9.59 Å². The summed E-state index contributed by atoms with van der Waals surface area (Å²) in [5.41, 5.74) is 0.455. The average Bonchev–Trinajstić information content (AvgIpc) is 3.49. The van der Waals surface area contributed by atoms with E-state index in [1.54, 1.807) is 7.11 Å². The van der Waals surface area contributed by atoms with E-state index in [1.165, 1.54) is 20.3 Å². The van der Waals surface area contributed by atoms with Crippen molar-refractivity contribution in [3.63, 3.8) is 0 Å². The van der Waals surface area contributed by atoms with Crippen LogP contribution in [0.3, 0.4) is 0 Å². The Morgan fingerprint density at radius 3 is 2.10 bits per heavy atom. The lowest BCUT2D eigenvalue weighted by molar-refractivity contribution is -0.185. The molecule has 0 spiro atoms. The highest BCUT2D eigenvalue weighted by atomic mass is 79.9. The number of methoxy groups -OCH3 is 3. The van der Waals surface area contributed by atoms with Gasteiger partial charge in [0.15, 0.2) is 0 Å². The number of halogens is 1. The van der Waals surface area contributed by atoms with Crippen LogP contribution < -0.4 is 0 Å². The van der Waals surface area contributed by atoms with Crippen LogP contribution in [0.15, 0.2) is 21.8 Å². The molecule has 0 saturated carbocycles. The fourth-order valence-corrected chi connectivity index (χ4v) is 14.1. The lowest BCUT2D eigenvalue weighted by atomic mass is 9.76. The third kappa shape index (κ3) is 4.85. The van der Waals surface area contributed by atoms with Crippen molar-refractivity contribution in [3.05, 3.63) is 21.8 Å². The van der Waals surface area contributed by atoms with Crippen molar-refractivity contribution in [2.45, 2.75) is 115 Å². The van der Waals surface area contributed by atoms with Gasteiger partial charge in [0, 0.05) is 19.7 Å². The summed E-state index contributed by atoms with van der Waals surface area (Å²) < 4.78 is 31.4. The summed E-state index contributed by atoms with van der Waals surface area (Å²) in [6, 6.07) is 0.0557. The van der Waals surface area contributed by atoms with Crippen LogP contribution in [-0.2, 0) is 33.0 Å². The van der Waals surface area contributed by atoms with Crippen LogP contribution in [0, 0.1) is 5.92 Å². The maximum absolute atomic E-state index is 13.6. The first-order valence-electron chi connectivity index (χ1n) is 14.0. The first kappa shape index (κ1) is 32.3. The lowest BCUT2D eigenvalue weighted by Gasteiger charge is -2.48. The lowest BCUT2D eigenvalue weighted by Crippen LogP contribution is -2.58. The quantitative estimate of drug-likeness (QED) is 0.164. The van der Waals surface area contributed by atoms with E-state index in [1.807, 2.05) is 6.92 Å². The van der Waals surface area contributed by atoms with E-state index in [0.717, 1.165) is 25.1 Å². The summed E-state index contributed by atoms with van der Waals surface area (Å²) in [6.45, 7) is 20.0. The number of fused-ring (bicyclic) bond motifs is 2. The highest BCUT2D eigenvalue weighted by Crippen LogP contribution is 2.66. The molecule has 8 nitrogen and oxygen atoms in total. The van der Waals surface area contributed by atoms with Crippen molar-refractivity contribution in [3.8, 4) is 0 Å². The normalized spacial score (nSPS) is 30.5. The van der Waals surface area contributed by atoms with Crippen molar-refractivity contribution in [1.29, 1.82) is 0 Å². The molecule has 3 rings (SSSR count). The largest absolute Gasteiger partial charge is 0.468 e. The van der Waals surface area contributed by atoms with E-state index in [-0.39, 0.29) is 22.7 Å². The van der Waals surface area contributed by atoms with Gasteiger partial charge in [-0.05, 0) is 71.7 Å². The third-order valence-corrected chi connectivity index (χ3v) is 16.4. The van der Waals surface area contributed by atoms with Gasteiger partial charge in [-0.2, -0.15) is 0 Å². The Morgan fingerprint density at radius 1 is 1.08 bits per heavy atom. The second kappa shape index (κ2) is 11.2. The number of nitrogens with zero attached hydrogens (tertiary/aromatic N) is 1. The van der Waals surface area contributed by atoms with Crippen molar-refractivity contribution >= 4 is 36.2 Å². The van der Waals surface area contributed by atoms with Crippen molar-refractivity contribution in [1.82, 2.24) is 4.90 Å². The SMILES string of the molecule is COC(=O)/C=C1\[C@H](C(=O)OC)[C@@]2(O[Si](C(C)C)(C(C)C)C(C)C)O[C@]1(C)C(N1CCC[C@H]1C(C)(C)OC)=C2Br. The van der Waals surface area contributed by atoms with Gasteiger partial charge in [-0.25, -0.2) is 4.79 Å². The first-order chi connectivity index (χ1) is 18.0. The molecule has 0 aliphatic carbocycles. The van der Waals surface area contributed by atoms with Crippen LogP contribution in [-0.4, -0.2) is 76.1 Å². The summed E-state index contributed by atoms with van der Waals surface area (Å²) in [7, 11) is 1.79. The molecule has 10 heteroatoms. The molecule has 3 aliphatic heterocycles. The number of esters is 2. The number of rotatable bonds is 10. The third-order valence-electron chi connectivity index (χ3n) is 9.38. The Morgan fingerprint density at radius 2 is 1.64 bits per heavy atom. The maximum atomic E-state index is 13.6. The van der Waals surface area contributed by atoms with E-state index >= 15 is 0 Å². The summed E-state index contributed by atoms with van der Waals surface area (Å²) in [6.07, 6.45) is 3.31. The van der Waals surface area contributed by atoms with Gasteiger partial charge in [0.05, 0.1) is 36.0 Å². The van der Waals surface area contributed by atoms with Crippen LogP contribution in [0.5, 0.6) is 0 Å². The summed E-state index contributed by atoms with van der Waals surface area (Å²) in [5.74, 6) is -3.53. The van der Waals surface area contributed by atoms with E-state index in [2.05, 4.69) is 76.2 Å². The van der Waals surface area contributed by atoms with Crippen LogP contribution in [0.2, 0.25) is 16.6 Å². The molecule has 0 aromatic rings. The van der Waals surface area contributed by atoms with Crippen molar-refractivity contribution in [2.75, 3.05) is 27.9 Å². The summed E-state index contributed by atoms with van der Waals surface area (Å²) >= 11 is 3.95. The molecule has 3 heterocycles. The van der Waals surface area contributed by atoms with E-state index in [0.29, 0.717) is 10.1 Å². The second-order valence-corrected chi connectivity index (χ2v) is 18.8. The molecule has 3 aliphatic rings. The monoisotopic (exact) mass is 629 g/mol. The number of hydrogen-bond acceptors (Lipinski definition) is 8. The molecule has 4 atom stereocenters. The predicted molar refractivity (Wildman–Crippen MR) is 157 cm³/mol. The first-order valence-corrected chi connectivity index (χ1v) is 17.0. The minimum atomic E-state index is -2.63. The van der Waals surface area contributed by atoms with Crippen LogP contribution >= 0.6 is 15.9 Å². The standard InChI is InChI=1S/C29H48BrNO7Si/c1-17(2)39(18(3)4,19(5)6)38-29-23(26(33)35-11)20(16-22(32)34-10)28(9,37-29)25(24(29)30)31-15-13-14-21(31)27(7,8)36-12/h16-19,21,23H,13-15H2,1-12H3/b20-16+/t21-,23+,28-,29-/m0/s1. The number of hydrogen-bond donors (Lipinski definition) is 0. The number of likely N-dealkylation sites (tertiary alicyclic amines) is 1. The van der Waals surface area contributed by atoms with Crippen LogP contribution in [0.4, 0.5) is 0 Å². The number of ether oxygens (including phenoxy) is 4. The molecular weight excluding hydrogens is 582 g/mol. The predicted octanol–water partition coefficient (Wildman–Crippen LogP) is 6.06. The number of carbonyl (C=O) groups is 2. The summed E-state index contributed by atoms with van der Waals surface area (Å²) in [4.78, 5) is 28.7. The van der Waals surface area contributed by atoms with Crippen molar-refractivity contribution in [2.24, 2.45) is 5.92 Å². The van der Waals surface area contributed by atoms with Gasteiger partial charge < -0.3 is 28.3 Å². The minimum absolute atomic E-state index is 0.0557. The zero-order chi connectivity index (χ0) is 29.7. The molecule has 2 bridgehead atoms. The fourth-order valence-electron chi connectivity index (χ4n) is 7.47. The van der Waals surface area contributed by atoms with Gasteiger partial charge in [-0.1, -0.05) is 41.5 Å². The molecule has 2 fully saturated rings. The van der Waals surface area contributed by atoms with E-state index < -0.39 is 43.2 Å². The average molecular weight is 631 g/mol. The van der Waals surface area contributed by atoms with Gasteiger partial charge in [-0.15, -0.1) is 0 Å². The van der Waals surface area contributed by atoms with E-state index in [4.69, 9.17) is 23.4 Å². The van der Waals surface area contributed by atoms with Crippen LogP contribution in [0.25, 0.3) is 0 Å². The Hall–Kier alpha value is -1.20. The molecule has 222 valence electrons. The highest BCUT2D eigenvalue weighted by molar-refractivity contribution is 9.11. The topological polar surface area (TPSA) is 83.5 Å². The van der Waals surface area contributed by atoms with Gasteiger partial charge in [0.1, 0.15) is 11.5 Å². The molecule has 2 saturated heterocycles. The fraction of sp³-hybridized carbons (Fsp3) is 0.793. The van der Waals surface area contributed by atoms with Gasteiger partial charge in [-0.3, -0.25) is 4.79 Å². The molecule has 0 amide bonds. The molecule has 0 unspecified atom stereocenters. The Kier molecular flexibility index (Phi) is 9.30. The molecular formula is C29H48BrNO7Si. The molecule has 39 heavy (non-hydrogen) atoms. The summed E-state index contributed by atoms with van der Waals surface area (Å²) in [5, 5.41) is 0. The molecule has 0 aromatic heterocycles. The van der Waals surface area contributed by atoms with Gasteiger partial charge in [0.25, 0.3) is 0 Å². The Labute approximate surface area is 244 Å². The Bertz CT molecular complexity index is 1020. The van der Waals surface area contributed by atoms with Crippen LogP contribution in [0.1, 0.15) is 75.2 Å². The Balaban J connectivity index is 2.39. The van der Waals surface area contributed by atoms with Gasteiger partial charge >= 0.3 is 11.9 Å². The molecule has 0 radical (unpaired) electrons. The maximum Gasteiger partial charge on any atom is 0.330 e. The van der Waals surface area contributed by atoms with Crippen molar-refractivity contribution < 1.29 is 33.0 Å². The molecule has 0 N–H and O–H groups in total. The smallest absolute Gasteiger partial charge is 0.330 e. The number of carbonyl (C=O) groups excluding carboxylic acids is 2. The minimum Gasteiger partial charge on any atom is -0.468 e. The second-order valence-electron chi connectivity index (χ2n) is 12.6.